The van der Waals surface area contributed by atoms with Gasteiger partial charge in [-0.05, 0) is 74.4 Å². The molecule has 0 aliphatic carbocycles. The molecule has 146 valence electrons. The molecule has 0 amide bonds. The maximum Gasteiger partial charge on any atom is 0.416 e. The Balaban J connectivity index is 1.96. The second-order valence-electron chi connectivity index (χ2n) is 6.33. The highest BCUT2D eigenvalue weighted by atomic mass is 32.2. The van der Waals surface area contributed by atoms with Crippen LogP contribution in [0.25, 0.3) is 0 Å². The Morgan fingerprint density at radius 3 is 2.22 bits per heavy atom. The van der Waals surface area contributed by atoms with Gasteiger partial charge in [0.25, 0.3) is 0 Å². The molecule has 0 atom stereocenters. The molecular weight excluding hydrogens is 373 g/mol. The van der Waals surface area contributed by atoms with Gasteiger partial charge in [0.1, 0.15) is 18.1 Å². The van der Waals surface area contributed by atoms with Crippen molar-refractivity contribution in [3.8, 4) is 11.5 Å². The van der Waals surface area contributed by atoms with E-state index in [1.54, 1.807) is 18.9 Å². The molecule has 0 heterocycles. The van der Waals surface area contributed by atoms with E-state index in [1.165, 1.54) is 12.1 Å². The van der Waals surface area contributed by atoms with Crippen LogP contribution >= 0.6 is 11.8 Å². The number of hydrogen-bond donors (Lipinski definition) is 0. The first-order valence-corrected chi connectivity index (χ1v) is 9.42. The highest BCUT2D eigenvalue weighted by Crippen LogP contribution is 2.31. The lowest BCUT2D eigenvalue weighted by Gasteiger charge is -2.13. The zero-order chi connectivity index (χ0) is 20.0. The molecule has 0 aromatic heterocycles. The molecule has 0 saturated heterocycles. The van der Waals surface area contributed by atoms with Gasteiger partial charge < -0.3 is 9.47 Å². The number of benzene rings is 2. The molecule has 0 bridgehead atoms. The number of hydrogen-bond acceptors (Lipinski definition) is 3. The maximum absolute atomic E-state index is 12.6. The van der Waals surface area contributed by atoms with Crippen molar-refractivity contribution in [2.75, 3.05) is 19.5 Å². The summed E-state index contributed by atoms with van der Waals surface area (Å²) in [6.45, 7) is 6.35. The molecule has 2 aromatic rings. The second-order valence-corrected chi connectivity index (χ2v) is 7.38. The fourth-order valence-corrected chi connectivity index (χ4v) is 3.49. The van der Waals surface area contributed by atoms with Crippen LogP contribution in [0.4, 0.5) is 13.2 Å². The number of ether oxygens (including phenoxy) is 2. The van der Waals surface area contributed by atoms with E-state index in [9.17, 15) is 13.2 Å². The standard InChI is InChI=1S/C21H23F3O2S/c1-14(2)16(13-27-19-9-10-20(25-4)15(3)11-19)12-26-18-7-5-17(6-8-18)21(22,23)24/h5-11H,12-13H2,1-4H3. The predicted octanol–water partition coefficient (Wildman–Crippen LogP) is 6.53. The second kappa shape index (κ2) is 9.22. The monoisotopic (exact) mass is 396 g/mol. The number of halogens is 3. The summed E-state index contributed by atoms with van der Waals surface area (Å²) in [5.41, 5.74) is 2.64. The Morgan fingerprint density at radius 2 is 1.70 bits per heavy atom. The molecule has 27 heavy (non-hydrogen) atoms. The molecule has 0 aliphatic heterocycles. The summed E-state index contributed by atoms with van der Waals surface area (Å²) in [6.07, 6.45) is -4.34. The molecule has 0 fully saturated rings. The summed E-state index contributed by atoms with van der Waals surface area (Å²) in [6, 6.07) is 10.8. The smallest absolute Gasteiger partial charge is 0.416 e. The van der Waals surface area contributed by atoms with E-state index in [-0.39, 0.29) is 0 Å². The van der Waals surface area contributed by atoms with Gasteiger partial charge in [0.2, 0.25) is 0 Å². The first-order chi connectivity index (χ1) is 12.7. The number of rotatable bonds is 7. The number of alkyl halides is 3. The van der Waals surface area contributed by atoms with Crippen LogP contribution in [0.1, 0.15) is 25.0 Å². The third kappa shape index (κ3) is 6.24. The van der Waals surface area contributed by atoms with Gasteiger partial charge in [-0.2, -0.15) is 13.2 Å². The van der Waals surface area contributed by atoms with Gasteiger partial charge in [0.15, 0.2) is 0 Å². The summed E-state index contributed by atoms with van der Waals surface area (Å²) in [5, 5.41) is 0. The molecule has 0 radical (unpaired) electrons. The topological polar surface area (TPSA) is 18.5 Å². The van der Waals surface area contributed by atoms with Crippen molar-refractivity contribution in [1.82, 2.24) is 0 Å². The molecule has 0 aliphatic rings. The SMILES string of the molecule is COc1ccc(SCC(COc2ccc(C(F)(F)F)cc2)=C(C)C)cc1C. The van der Waals surface area contributed by atoms with E-state index in [2.05, 4.69) is 6.07 Å². The first kappa shape index (κ1) is 21.2. The summed E-state index contributed by atoms with van der Waals surface area (Å²) in [4.78, 5) is 1.13. The zero-order valence-corrected chi connectivity index (χ0v) is 16.6. The normalized spacial score (nSPS) is 11.2. The third-order valence-corrected chi connectivity index (χ3v) is 5.16. The van der Waals surface area contributed by atoms with Crippen LogP contribution in [0.2, 0.25) is 0 Å². The van der Waals surface area contributed by atoms with Crippen LogP contribution in [-0.4, -0.2) is 19.5 Å². The Labute approximate surface area is 162 Å². The maximum atomic E-state index is 12.6. The summed E-state index contributed by atoms with van der Waals surface area (Å²) < 4.78 is 48.8. The van der Waals surface area contributed by atoms with Crippen molar-refractivity contribution in [1.29, 1.82) is 0 Å². The van der Waals surface area contributed by atoms with E-state index in [4.69, 9.17) is 9.47 Å². The third-order valence-electron chi connectivity index (χ3n) is 4.08. The van der Waals surface area contributed by atoms with Gasteiger partial charge in [-0.1, -0.05) is 5.57 Å². The summed E-state index contributed by atoms with van der Waals surface area (Å²) in [7, 11) is 1.65. The Bertz CT molecular complexity index is 792. The van der Waals surface area contributed by atoms with Gasteiger partial charge in [0.05, 0.1) is 12.7 Å². The highest BCUT2D eigenvalue weighted by Gasteiger charge is 2.30. The molecular formula is C21H23F3O2S. The van der Waals surface area contributed by atoms with Crippen molar-refractivity contribution in [2.45, 2.75) is 31.8 Å². The fraction of sp³-hybridized carbons (Fsp3) is 0.333. The number of aryl methyl sites for hydroxylation is 1. The number of methoxy groups -OCH3 is 1. The first-order valence-electron chi connectivity index (χ1n) is 8.43. The van der Waals surface area contributed by atoms with Crippen LogP contribution in [0.3, 0.4) is 0 Å². The number of allylic oxidation sites excluding steroid dienone is 1. The minimum absolute atomic E-state index is 0.343. The molecule has 0 N–H and O–H groups in total. The van der Waals surface area contributed by atoms with Gasteiger partial charge >= 0.3 is 6.18 Å². The lowest BCUT2D eigenvalue weighted by Crippen LogP contribution is -2.07. The van der Waals surface area contributed by atoms with Crippen LogP contribution in [-0.2, 0) is 6.18 Å². The molecule has 2 rings (SSSR count). The molecule has 2 aromatic carbocycles. The van der Waals surface area contributed by atoms with Gasteiger partial charge in [0, 0.05) is 10.6 Å². The van der Waals surface area contributed by atoms with Crippen LogP contribution in [0.5, 0.6) is 11.5 Å². The predicted molar refractivity (Wildman–Crippen MR) is 104 cm³/mol. The van der Waals surface area contributed by atoms with Crippen molar-refractivity contribution in [3.05, 3.63) is 64.7 Å². The molecule has 6 heteroatoms. The minimum Gasteiger partial charge on any atom is -0.496 e. The lowest BCUT2D eigenvalue weighted by atomic mass is 10.2. The Morgan fingerprint density at radius 1 is 1.04 bits per heavy atom. The van der Waals surface area contributed by atoms with Crippen molar-refractivity contribution in [3.63, 3.8) is 0 Å². The Hall–Kier alpha value is -2.08. The van der Waals surface area contributed by atoms with E-state index < -0.39 is 11.7 Å². The lowest BCUT2D eigenvalue weighted by molar-refractivity contribution is -0.137. The van der Waals surface area contributed by atoms with Crippen molar-refractivity contribution >= 4 is 11.8 Å². The average molecular weight is 396 g/mol. The van der Waals surface area contributed by atoms with E-state index in [1.807, 2.05) is 32.9 Å². The van der Waals surface area contributed by atoms with E-state index in [0.717, 1.165) is 45.2 Å². The van der Waals surface area contributed by atoms with E-state index in [0.29, 0.717) is 12.4 Å². The minimum atomic E-state index is -4.34. The van der Waals surface area contributed by atoms with Crippen molar-refractivity contribution in [2.24, 2.45) is 0 Å². The summed E-state index contributed by atoms with van der Waals surface area (Å²) >= 11 is 1.69. The quantitative estimate of drug-likeness (QED) is 0.392. The van der Waals surface area contributed by atoms with Gasteiger partial charge in [-0.3, -0.25) is 0 Å². The fourth-order valence-electron chi connectivity index (χ4n) is 2.35. The Kier molecular flexibility index (Phi) is 7.25. The van der Waals surface area contributed by atoms with Crippen LogP contribution < -0.4 is 9.47 Å². The highest BCUT2D eigenvalue weighted by molar-refractivity contribution is 7.99. The van der Waals surface area contributed by atoms with Crippen LogP contribution in [0, 0.1) is 6.92 Å². The molecule has 2 nitrogen and oxygen atoms in total. The van der Waals surface area contributed by atoms with Crippen molar-refractivity contribution < 1.29 is 22.6 Å². The van der Waals surface area contributed by atoms with Gasteiger partial charge in [-0.25, -0.2) is 0 Å². The largest absolute Gasteiger partial charge is 0.496 e. The average Bonchev–Trinajstić information content (AvgIpc) is 2.61. The molecule has 0 saturated carbocycles. The number of thioether (sulfide) groups is 1. The zero-order valence-electron chi connectivity index (χ0n) is 15.8. The summed E-state index contributed by atoms with van der Waals surface area (Å²) in [5.74, 6) is 2.02. The van der Waals surface area contributed by atoms with E-state index >= 15 is 0 Å². The molecule has 0 unspecified atom stereocenters. The van der Waals surface area contributed by atoms with Crippen LogP contribution in [0.15, 0.2) is 58.5 Å². The molecule has 0 spiro atoms. The van der Waals surface area contributed by atoms with Gasteiger partial charge in [-0.15, -0.1) is 11.8 Å².